The van der Waals surface area contributed by atoms with Crippen LogP contribution in [0.3, 0.4) is 0 Å². The molecule has 1 aromatic rings. The lowest BCUT2D eigenvalue weighted by Crippen LogP contribution is -2.29. The number of aliphatic carboxylic acids is 1. The Labute approximate surface area is 169 Å². The number of para-hydroxylation sites is 1. The highest BCUT2D eigenvalue weighted by atomic mass is 19.3. The number of carboxylic acids is 1. The van der Waals surface area contributed by atoms with Crippen molar-refractivity contribution >= 4 is 11.8 Å². The molecule has 0 spiro atoms. The molecule has 1 saturated carbocycles. The van der Waals surface area contributed by atoms with Crippen molar-refractivity contribution < 1.29 is 33.3 Å². The van der Waals surface area contributed by atoms with E-state index < -0.39 is 42.9 Å². The molecule has 0 bridgehead atoms. The summed E-state index contributed by atoms with van der Waals surface area (Å²) in [6.45, 7) is -0.748. The van der Waals surface area contributed by atoms with Gasteiger partial charge in [-0.2, -0.15) is 0 Å². The van der Waals surface area contributed by atoms with Gasteiger partial charge in [0.25, 0.3) is 5.92 Å². The third-order valence-corrected chi connectivity index (χ3v) is 5.19. The van der Waals surface area contributed by atoms with Crippen molar-refractivity contribution in [3.8, 4) is 5.75 Å². The first-order chi connectivity index (χ1) is 13.8. The quantitative estimate of drug-likeness (QED) is 0.398. The summed E-state index contributed by atoms with van der Waals surface area (Å²) in [5.74, 6) is -4.64. The molecular weight excluding hydrogens is 382 g/mol. The topological polar surface area (TPSA) is 83.8 Å². The van der Waals surface area contributed by atoms with Gasteiger partial charge in [-0.3, -0.25) is 9.59 Å². The molecule has 0 saturated heterocycles. The van der Waals surface area contributed by atoms with Crippen molar-refractivity contribution in [3.63, 3.8) is 0 Å². The van der Waals surface area contributed by atoms with Crippen LogP contribution < -0.4 is 4.74 Å². The second-order valence-corrected chi connectivity index (χ2v) is 7.50. The Morgan fingerprint density at radius 2 is 1.97 bits per heavy atom. The molecule has 1 aliphatic carbocycles. The zero-order chi connectivity index (χ0) is 21.3. The highest BCUT2D eigenvalue weighted by Crippen LogP contribution is 2.37. The molecule has 1 aromatic carbocycles. The van der Waals surface area contributed by atoms with Crippen LogP contribution in [-0.2, 0) is 9.59 Å². The molecule has 0 heterocycles. The lowest BCUT2D eigenvalue weighted by molar-refractivity contribution is -0.137. The highest BCUT2D eigenvalue weighted by molar-refractivity contribution is 5.84. The third kappa shape index (κ3) is 7.93. The fourth-order valence-corrected chi connectivity index (χ4v) is 3.60. The number of hydrogen-bond acceptors (Lipinski definition) is 4. The average molecular weight is 410 g/mol. The van der Waals surface area contributed by atoms with Crippen LogP contribution in [0.15, 0.2) is 42.5 Å². The van der Waals surface area contributed by atoms with Crippen LogP contribution in [-0.4, -0.2) is 40.6 Å². The Balaban J connectivity index is 1.82. The fourth-order valence-electron chi connectivity index (χ4n) is 3.60. The second kappa shape index (κ2) is 11.0. The number of unbranched alkanes of at least 4 members (excludes halogenated alkanes) is 1. The molecule has 1 aliphatic rings. The molecule has 7 heteroatoms. The fraction of sp³-hybridized carbons (Fsp3) is 0.545. The maximum atomic E-state index is 14.2. The summed E-state index contributed by atoms with van der Waals surface area (Å²) in [5, 5.41) is 18.8. The molecule has 29 heavy (non-hydrogen) atoms. The predicted octanol–water partition coefficient (Wildman–Crippen LogP) is 4.25. The van der Waals surface area contributed by atoms with Gasteiger partial charge in [0, 0.05) is 25.2 Å². The maximum absolute atomic E-state index is 14.2. The van der Waals surface area contributed by atoms with Gasteiger partial charge in [-0.25, -0.2) is 8.78 Å². The molecule has 0 aromatic heterocycles. The Morgan fingerprint density at radius 3 is 2.66 bits per heavy atom. The Hall–Kier alpha value is -2.28. The smallest absolute Gasteiger partial charge is 0.303 e. The van der Waals surface area contributed by atoms with Crippen LogP contribution in [0.5, 0.6) is 5.75 Å². The number of ether oxygens (including phenoxy) is 1. The minimum absolute atomic E-state index is 0.00568. The van der Waals surface area contributed by atoms with E-state index in [2.05, 4.69) is 0 Å². The molecule has 0 unspecified atom stereocenters. The molecule has 0 aliphatic heterocycles. The summed E-state index contributed by atoms with van der Waals surface area (Å²) < 4.78 is 33.6. The van der Waals surface area contributed by atoms with Gasteiger partial charge in [0.05, 0.1) is 6.10 Å². The van der Waals surface area contributed by atoms with Crippen molar-refractivity contribution in [2.45, 2.75) is 57.0 Å². The van der Waals surface area contributed by atoms with Crippen LogP contribution in [0.25, 0.3) is 0 Å². The number of halogens is 2. The van der Waals surface area contributed by atoms with E-state index in [1.165, 1.54) is 0 Å². The molecule has 5 nitrogen and oxygen atoms in total. The van der Waals surface area contributed by atoms with E-state index in [0.29, 0.717) is 25.0 Å². The summed E-state index contributed by atoms with van der Waals surface area (Å²) in [7, 11) is 0. The van der Waals surface area contributed by atoms with Crippen molar-refractivity contribution in [1.82, 2.24) is 0 Å². The van der Waals surface area contributed by atoms with Crippen molar-refractivity contribution in [1.29, 1.82) is 0 Å². The Bertz CT molecular complexity index is 690. The van der Waals surface area contributed by atoms with Gasteiger partial charge >= 0.3 is 5.97 Å². The lowest BCUT2D eigenvalue weighted by Gasteiger charge is -2.23. The van der Waals surface area contributed by atoms with Crippen molar-refractivity contribution in [2.24, 2.45) is 11.8 Å². The SMILES string of the molecule is O=C(O)CCC/C=C\C[C@H]1C(=O)C[C@@H](O)[C@@H]1CCC(F)(F)COc1ccccc1. The summed E-state index contributed by atoms with van der Waals surface area (Å²) in [6.07, 6.45) is 3.79. The number of carboxylic acid groups (broad SMARTS) is 1. The zero-order valence-corrected chi connectivity index (χ0v) is 16.3. The average Bonchev–Trinajstić information content (AvgIpc) is 2.94. The molecule has 0 radical (unpaired) electrons. The van der Waals surface area contributed by atoms with Crippen molar-refractivity contribution in [3.05, 3.63) is 42.5 Å². The van der Waals surface area contributed by atoms with Gasteiger partial charge < -0.3 is 14.9 Å². The highest BCUT2D eigenvalue weighted by Gasteiger charge is 2.42. The molecule has 2 rings (SSSR count). The normalized spacial score (nSPS) is 22.3. The van der Waals surface area contributed by atoms with Crippen LogP contribution >= 0.6 is 0 Å². The number of carbonyl (C=O) groups excluding carboxylic acids is 1. The van der Waals surface area contributed by atoms with E-state index in [1.807, 2.05) is 0 Å². The predicted molar refractivity (Wildman–Crippen MR) is 104 cm³/mol. The van der Waals surface area contributed by atoms with Crippen LogP contribution in [0.4, 0.5) is 8.78 Å². The number of hydrogen-bond donors (Lipinski definition) is 2. The standard InChI is InChI=1S/C22H28F2O5/c23-22(24,15-29-16-8-4-3-5-9-16)13-12-18-17(19(25)14-20(18)26)10-6-1-2-7-11-21(27)28/h1,3-6,8-9,17-18,20,26H,2,7,10-15H2,(H,27,28)/b6-1-/t17-,18-,20-/m1/s1. The number of alkyl halides is 2. The Kier molecular flexibility index (Phi) is 8.76. The number of benzene rings is 1. The largest absolute Gasteiger partial charge is 0.487 e. The first kappa shape index (κ1) is 23.0. The number of aliphatic hydroxyl groups excluding tert-OH is 1. The van der Waals surface area contributed by atoms with Crippen LogP contribution in [0.1, 0.15) is 44.9 Å². The zero-order valence-electron chi connectivity index (χ0n) is 16.3. The molecule has 2 N–H and O–H groups in total. The van der Waals surface area contributed by atoms with Gasteiger partial charge in [-0.1, -0.05) is 30.4 Å². The van der Waals surface area contributed by atoms with Crippen molar-refractivity contribution in [2.75, 3.05) is 6.61 Å². The van der Waals surface area contributed by atoms with Gasteiger partial charge in [0.15, 0.2) is 6.61 Å². The van der Waals surface area contributed by atoms with E-state index in [4.69, 9.17) is 9.84 Å². The van der Waals surface area contributed by atoms with E-state index >= 15 is 0 Å². The molecule has 3 atom stereocenters. The molecular formula is C22H28F2O5. The third-order valence-electron chi connectivity index (χ3n) is 5.19. The molecule has 0 amide bonds. The minimum Gasteiger partial charge on any atom is -0.487 e. The van der Waals surface area contributed by atoms with Gasteiger partial charge in [0.2, 0.25) is 0 Å². The summed E-state index contributed by atoms with van der Waals surface area (Å²) in [4.78, 5) is 22.6. The molecule has 1 fully saturated rings. The second-order valence-electron chi connectivity index (χ2n) is 7.50. The van der Waals surface area contributed by atoms with E-state index in [9.17, 15) is 23.5 Å². The number of rotatable bonds is 12. The van der Waals surface area contributed by atoms with Crippen LogP contribution in [0, 0.1) is 11.8 Å². The number of carbonyl (C=O) groups is 2. The number of ketones is 1. The maximum Gasteiger partial charge on any atom is 0.303 e. The van der Waals surface area contributed by atoms with E-state index in [1.54, 1.807) is 42.5 Å². The Morgan fingerprint density at radius 1 is 1.24 bits per heavy atom. The lowest BCUT2D eigenvalue weighted by atomic mass is 9.86. The van der Waals surface area contributed by atoms with Gasteiger partial charge in [-0.15, -0.1) is 0 Å². The monoisotopic (exact) mass is 410 g/mol. The summed E-state index contributed by atoms with van der Waals surface area (Å²) >= 11 is 0. The number of allylic oxidation sites excluding steroid dienone is 2. The summed E-state index contributed by atoms with van der Waals surface area (Å²) in [6, 6.07) is 8.38. The van der Waals surface area contributed by atoms with E-state index in [0.717, 1.165) is 0 Å². The number of Topliss-reactive ketones (excluding diaryl/α,β-unsaturated/α-hetero) is 1. The van der Waals surface area contributed by atoms with Gasteiger partial charge in [0.1, 0.15) is 11.5 Å². The first-order valence-electron chi connectivity index (χ1n) is 9.92. The van der Waals surface area contributed by atoms with Gasteiger partial charge in [-0.05, 0) is 43.7 Å². The minimum atomic E-state index is -3.06. The molecule has 160 valence electrons. The summed E-state index contributed by atoms with van der Waals surface area (Å²) in [5.41, 5.74) is 0. The van der Waals surface area contributed by atoms with Crippen LogP contribution in [0.2, 0.25) is 0 Å². The van der Waals surface area contributed by atoms with E-state index in [-0.39, 0.29) is 25.0 Å². The first-order valence-corrected chi connectivity index (χ1v) is 9.92. The number of aliphatic hydroxyl groups is 1.